The van der Waals surface area contributed by atoms with E-state index in [1.54, 1.807) is 36.4 Å². The second-order valence-electron chi connectivity index (χ2n) is 6.98. The lowest BCUT2D eigenvalue weighted by Crippen LogP contribution is -2.24. The highest BCUT2D eigenvalue weighted by Gasteiger charge is 2.06. The first kappa shape index (κ1) is 28.0. The maximum atomic E-state index is 11.9. The predicted octanol–water partition coefficient (Wildman–Crippen LogP) is 5.79. The van der Waals surface area contributed by atoms with Crippen molar-refractivity contribution in [2.45, 2.75) is 0 Å². The molecule has 0 saturated heterocycles. The second-order valence-corrected chi connectivity index (χ2v) is 10.5. The summed E-state index contributed by atoms with van der Waals surface area (Å²) in [6, 6.07) is 18.0. The molecular formula is C24H18Br4N4O4. The van der Waals surface area contributed by atoms with Crippen LogP contribution in [-0.4, -0.2) is 37.5 Å². The van der Waals surface area contributed by atoms with E-state index in [4.69, 9.17) is 9.47 Å². The van der Waals surface area contributed by atoms with Crippen molar-refractivity contribution in [1.82, 2.24) is 10.9 Å². The Hall–Kier alpha value is -2.54. The molecule has 0 aliphatic carbocycles. The molecule has 0 unspecified atom stereocenters. The average Bonchev–Trinajstić information content (AvgIpc) is 2.84. The van der Waals surface area contributed by atoms with Gasteiger partial charge in [0, 0.05) is 8.95 Å². The summed E-state index contributed by atoms with van der Waals surface area (Å²) in [6.45, 7) is -0.353. The molecule has 2 N–H and O–H groups in total. The maximum absolute atomic E-state index is 11.9. The van der Waals surface area contributed by atoms with Crippen LogP contribution >= 0.6 is 63.7 Å². The highest BCUT2D eigenvalue weighted by Crippen LogP contribution is 2.28. The van der Waals surface area contributed by atoms with Gasteiger partial charge >= 0.3 is 0 Å². The van der Waals surface area contributed by atoms with Crippen molar-refractivity contribution in [3.8, 4) is 11.5 Å². The Morgan fingerprint density at radius 3 is 1.42 bits per heavy atom. The molecule has 0 aliphatic rings. The summed E-state index contributed by atoms with van der Waals surface area (Å²) < 4.78 is 14.2. The van der Waals surface area contributed by atoms with E-state index < -0.39 is 11.8 Å². The monoisotopic (exact) mass is 742 g/mol. The number of hydrogen-bond donors (Lipinski definition) is 2. The molecule has 2 amide bonds. The standard InChI is InChI=1S/C24H18Br4N4O4/c25-17-5-7-21(19(27)9-17)35-13-23(33)31-29-11-15-1-2-16(4-3-15)12-30-32-24(34)14-36-22-8-6-18(26)10-20(22)28/h1-12H,13-14H2,(H,31,33)(H,32,34)/b29-11-,30-12-. The molecule has 8 nitrogen and oxygen atoms in total. The minimum Gasteiger partial charge on any atom is -0.483 e. The first-order valence-corrected chi connectivity index (χ1v) is 13.4. The van der Waals surface area contributed by atoms with Gasteiger partial charge in [-0.05, 0) is 79.4 Å². The topological polar surface area (TPSA) is 101 Å². The second kappa shape index (κ2) is 14.3. The Morgan fingerprint density at radius 2 is 1.06 bits per heavy atom. The van der Waals surface area contributed by atoms with Crippen LogP contribution in [0.15, 0.2) is 88.8 Å². The van der Waals surface area contributed by atoms with Gasteiger partial charge in [-0.1, -0.05) is 56.1 Å². The summed E-state index contributed by atoms with van der Waals surface area (Å²) in [5, 5.41) is 7.86. The number of nitrogens with one attached hydrogen (secondary N) is 2. The van der Waals surface area contributed by atoms with Gasteiger partial charge in [-0.15, -0.1) is 0 Å². The normalized spacial score (nSPS) is 11.0. The van der Waals surface area contributed by atoms with Gasteiger partial charge in [0.25, 0.3) is 11.8 Å². The molecular weight excluding hydrogens is 728 g/mol. The van der Waals surface area contributed by atoms with Crippen LogP contribution in [0.5, 0.6) is 11.5 Å². The lowest BCUT2D eigenvalue weighted by atomic mass is 10.2. The van der Waals surface area contributed by atoms with Gasteiger partial charge in [-0.2, -0.15) is 10.2 Å². The molecule has 3 rings (SSSR count). The molecule has 3 aromatic carbocycles. The fraction of sp³-hybridized carbons (Fsp3) is 0.0833. The van der Waals surface area contributed by atoms with Crippen LogP contribution in [0.25, 0.3) is 0 Å². The largest absolute Gasteiger partial charge is 0.483 e. The summed E-state index contributed by atoms with van der Waals surface area (Å²) >= 11 is 13.5. The minimum atomic E-state index is -0.392. The van der Waals surface area contributed by atoms with Crippen LogP contribution in [0.2, 0.25) is 0 Å². The van der Waals surface area contributed by atoms with Crippen LogP contribution in [0, 0.1) is 0 Å². The quantitative estimate of drug-likeness (QED) is 0.203. The molecule has 0 aromatic heterocycles. The van der Waals surface area contributed by atoms with Crippen LogP contribution in [0.4, 0.5) is 0 Å². The fourth-order valence-corrected chi connectivity index (χ4v) is 4.88. The van der Waals surface area contributed by atoms with E-state index >= 15 is 0 Å². The molecule has 0 aliphatic heterocycles. The number of hydrazone groups is 2. The number of nitrogens with zero attached hydrogens (tertiary/aromatic N) is 2. The van der Waals surface area contributed by atoms with E-state index in [0.717, 1.165) is 29.0 Å². The van der Waals surface area contributed by atoms with E-state index in [-0.39, 0.29) is 13.2 Å². The first-order chi connectivity index (χ1) is 17.3. The van der Waals surface area contributed by atoms with Crippen molar-refractivity contribution >= 4 is 88.0 Å². The Balaban J connectivity index is 1.39. The SMILES string of the molecule is O=C(COc1ccc(Br)cc1Br)N/N=C\c1ccc(/C=N\NC(=O)COc2ccc(Br)cc2Br)cc1. The molecule has 0 radical (unpaired) electrons. The average molecular weight is 746 g/mol. The zero-order chi connectivity index (χ0) is 25.9. The number of amides is 2. The zero-order valence-electron chi connectivity index (χ0n) is 18.4. The molecule has 0 spiro atoms. The number of carbonyl (C=O) groups excluding carboxylic acids is 2. The highest BCUT2D eigenvalue weighted by atomic mass is 79.9. The lowest BCUT2D eigenvalue weighted by molar-refractivity contribution is -0.123. The van der Waals surface area contributed by atoms with Crippen LogP contribution in [-0.2, 0) is 9.59 Å². The lowest BCUT2D eigenvalue weighted by Gasteiger charge is -2.07. The molecule has 3 aromatic rings. The Bertz CT molecular complexity index is 1190. The summed E-state index contributed by atoms with van der Waals surface area (Å²) in [7, 11) is 0. The molecule has 12 heteroatoms. The summed E-state index contributed by atoms with van der Waals surface area (Å²) in [4.78, 5) is 23.9. The smallest absolute Gasteiger partial charge is 0.277 e. The first-order valence-electron chi connectivity index (χ1n) is 10.2. The van der Waals surface area contributed by atoms with Gasteiger partial charge in [0.05, 0.1) is 21.4 Å². The number of rotatable bonds is 10. The third-order valence-electron chi connectivity index (χ3n) is 4.25. The predicted molar refractivity (Wildman–Crippen MR) is 153 cm³/mol. The van der Waals surface area contributed by atoms with Crippen molar-refractivity contribution in [2.24, 2.45) is 10.2 Å². The van der Waals surface area contributed by atoms with Crippen molar-refractivity contribution in [2.75, 3.05) is 13.2 Å². The Labute approximate surface area is 241 Å². The van der Waals surface area contributed by atoms with Gasteiger partial charge in [0.15, 0.2) is 13.2 Å². The number of carbonyl (C=O) groups is 2. The van der Waals surface area contributed by atoms with Gasteiger partial charge in [-0.25, -0.2) is 10.9 Å². The molecule has 36 heavy (non-hydrogen) atoms. The van der Waals surface area contributed by atoms with Gasteiger partial charge in [0.2, 0.25) is 0 Å². The maximum Gasteiger partial charge on any atom is 0.277 e. The minimum absolute atomic E-state index is 0.176. The highest BCUT2D eigenvalue weighted by molar-refractivity contribution is 9.11. The number of ether oxygens (including phenoxy) is 2. The number of benzene rings is 3. The zero-order valence-corrected chi connectivity index (χ0v) is 24.7. The third-order valence-corrected chi connectivity index (χ3v) is 6.47. The summed E-state index contributed by atoms with van der Waals surface area (Å²) in [5.41, 5.74) is 6.36. The van der Waals surface area contributed by atoms with E-state index in [1.807, 2.05) is 24.3 Å². The van der Waals surface area contributed by atoms with Gasteiger partial charge in [-0.3, -0.25) is 9.59 Å². The summed E-state index contributed by atoms with van der Waals surface area (Å²) in [5.74, 6) is 0.320. The van der Waals surface area contributed by atoms with Crippen molar-refractivity contribution < 1.29 is 19.1 Å². The summed E-state index contributed by atoms with van der Waals surface area (Å²) in [6.07, 6.45) is 3.02. The van der Waals surface area contributed by atoms with E-state index in [1.165, 1.54) is 12.4 Å². The van der Waals surface area contributed by atoms with E-state index in [0.29, 0.717) is 11.5 Å². The number of hydrogen-bond acceptors (Lipinski definition) is 6. The van der Waals surface area contributed by atoms with Gasteiger partial charge < -0.3 is 9.47 Å². The van der Waals surface area contributed by atoms with Crippen molar-refractivity contribution in [1.29, 1.82) is 0 Å². The molecule has 186 valence electrons. The van der Waals surface area contributed by atoms with E-state index in [2.05, 4.69) is 84.8 Å². The molecule has 0 bridgehead atoms. The molecule has 0 fully saturated rings. The van der Waals surface area contributed by atoms with Gasteiger partial charge in [0.1, 0.15) is 11.5 Å². The van der Waals surface area contributed by atoms with Crippen molar-refractivity contribution in [3.05, 3.63) is 89.7 Å². The fourth-order valence-electron chi connectivity index (χ4n) is 2.56. The van der Waals surface area contributed by atoms with Crippen LogP contribution < -0.4 is 20.3 Å². The number of halogens is 4. The molecule has 0 heterocycles. The van der Waals surface area contributed by atoms with Crippen LogP contribution in [0.1, 0.15) is 11.1 Å². The van der Waals surface area contributed by atoms with Crippen LogP contribution in [0.3, 0.4) is 0 Å². The van der Waals surface area contributed by atoms with E-state index in [9.17, 15) is 9.59 Å². The third kappa shape index (κ3) is 9.49. The Morgan fingerprint density at radius 1 is 0.667 bits per heavy atom. The Kier molecular flexibility index (Phi) is 11.1. The molecule has 0 saturated carbocycles. The molecule has 0 atom stereocenters. The van der Waals surface area contributed by atoms with Crippen molar-refractivity contribution in [3.63, 3.8) is 0 Å².